The summed E-state index contributed by atoms with van der Waals surface area (Å²) in [5.41, 5.74) is -0.412. The molecule has 0 spiro atoms. The van der Waals surface area contributed by atoms with Crippen molar-refractivity contribution in [2.75, 3.05) is 19.8 Å². The lowest BCUT2D eigenvalue weighted by molar-refractivity contribution is 0.0527. The molecule has 0 saturated carbocycles. The van der Waals surface area contributed by atoms with Crippen LogP contribution in [0.2, 0.25) is 0 Å². The van der Waals surface area contributed by atoms with Crippen LogP contribution in [0.3, 0.4) is 0 Å². The van der Waals surface area contributed by atoms with Crippen molar-refractivity contribution in [3.05, 3.63) is 0 Å². The summed E-state index contributed by atoms with van der Waals surface area (Å²) >= 11 is 0. The molecule has 0 aliphatic carbocycles. The van der Waals surface area contributed by atoms with Crippen molar-refractivity contribution in [2.24, 2.45) is 0 Å². The Hall–Kier alpha value is -0.770. The van der Waals surface area contributed by atoms with Crippen molar-refractivity contribution in [1.29, 1.82) is 0 Å². The lowest BCUT2D eigenvalue weighted by Crippen LogP contribution is -2.32. The van der Waals surface area contributed by atoms with Gasteiger partial charge in [-0.05, 0) is 40.0 Å². The van der Waals surface area contributed by atoms with E-state index in [0.29, 0.717) is 6.54 Å². The summed E-state index contributed by atoms with van der Waals surface area (Å²) in [5.74, 6) is 0. The molecule has 0 fully saturated rings. The Kier molecular flexibility index (Phi) is 12.5. The van der Waals surface area contributed by atoms with Gasteiger partial charge in [-0.2, -0.15) is 0 Å². The van der Waals surface area contributed by atoms with Gasteiger partial charge in [0.15, 0.2) is 0 Å². The van der Waals surface area contributed by atoms with E-state index in [4.69, 9.17) is 9.47 Å². The molecule has 0 heterocycles. The maximum absolute atomic E-state index is 11.4. The van der Waals surface area contributed by atoms with Gasteiger partial charge in [0.25, 0.3) is 0 Å². The molecule has 0 aromatic rings. The third-order valence-corrected chi connectivity index (χ3v) is 2.98. The van der Waals surface area contributed by atoms with Gasteiger partial charge in [-0.3, -0.25) is 0 Å². The van der Waals surface area contributed by atoms with Gasteiger partial charge in [-0.1, -0.05) is 39.0 Å². The number of rotatable bonds is 12. The van der Waals surface area contributed by atoms with Crippen molar-refractivity contribution in [3.63, 3.8) is 0 Å². The van der Waals surface area contributed by atoms with E-state index in [-0.39, 0.29) is 6.09 Å². The molecule has 0 saturated heterocycles. The van der Waals surface area contributed by atoms with Crippen LogP contribution in [0.1, 0.15) is 79.1 Å². The van der Waals surface area contributed by atoms with Gasteiger partial charge < -0.3 is 14.8 Å². The largest absolute Gasteiger partial charge is 0.444 e. The van der Waals surface area contributed by atoms with Gasteiger partial charge >= 0.3 is 6.09 Å². The van der Waals surface area contributed by atoms with Crippen molar-refractivity contribution in [2.45, 2.75) is 84.7 Å². The maximum Gasteiger partial charge on any atom is 0.407 e. The summed E-state index contributed by atoms with van der Waals surface area (Å²) in [5, 5.41) is 2.79. The lowest BCUT2D eigenvalue weighted by Gasteiger charge is -2.19. The summed E-state index contributed by atoms with van der Waals surface area (Å²) in [4.78, 5) is 11.4. The van der Waals surface area contributed by atoms with Gasteiger partial charge in [-0.15, -0.1) is 0 Å². The quantitative estimate of drug-likeness (QED) is 0.533. The van der Waals surface area contributed by atoms with E-state index in [0.717, 1.165) is 26.1 Å². The van der Waals surface area contributed by atoms with Crippen molar-refractivity contribution >= 4 is 6.09 Å². The Morgan fingerprint density at radius 2 is 1.48 bits per heavy atom. The van der Waals surface area contributed by atoms with Gasteiger partial charge in [-0.25, -0.2) is 4.79 Å². The van der Waals surface area contributed by atoms with Crippen molar-refractivity contribution < 1.29 is 14.3 Å². The molecule has 0 aliphatic heterocycles. The topological polar surface area (TPSA) is 47.6 Å². The van der Waals surface area contributed by atoms with Crippen molar-refractivity contribution in [3.8, 4) is 0 Å². The van der Waals surface area contributed by atoms with E-state index >= 15 is 0 Å². The average molecular weight is 301 g/mol. The number of amides is 1. The van der Waals surface area contributed by atoms with E-state index in [1.807, 2.05) is 20.8 Å². The number of carbonyl (C=O) groups excluding carboxylic acids is 1. The minimum Gasteiger partial charge on any atom is -0.444 e. The van der Waals surface area contributed by atoms with Gasteiger partial charge in [0.05, 0.1) is 0 Å². The highest BCUT2D eigenvalue weighted by Gasteiger charge is 2.15. The Labute approximate surface area is 131 Å². The van der Waals surface area contributed by atoms with Gasteiger partial charge in [0, 0.05) is 19.8 Å². The predicted molar refractivity (Wildman–Crippen MR) is 87.7 cm³/mol. The number of ether oxygens (including phenoxy) is 2. The molecule has 0 atom stereocenters. The van der Waals surface area contributed by atoms with Crippen LogP contribution in [0.25, 0.3) is 0 Å². The van der Waals surface area contributed by atoms with Crippen LogP contribution in [0.15, 0.2) is 0 Å². The molecule has 1 N–H and O–H groups in total. The highest BCUT2D eigenvalue weighted by molar-refractivity contribution is 5.67. The summed E-state index contributed by atoms with van der Waals surface area (Å²) in [6.45, 7) is 10.3. The fourth-order valence-electron chi connectivity index (χ4n) is 1.96. The van der Waals surface area contributed by atoms with Crippen LogP contribution >= 0.6 is 0 Å². The third kappa shape index (κ3) is 17.2. The summed E-state index contributed by atoms with van der Waals surface area (Å²) in [7, 11) is 0. The van der Waals surface area contributed by atoms with E-state index in [1.165, 1.54) is 38.5 Å². The van der Waals surface area contributed by atoms with Crippen LogP contribution in [0.5, 0.6) is 0 Å². The summed E-state index contributed by atoms with van der Waals surface area (Å²) < 4.78 is 10.6. The minimum atomic E-state index is -0.412. The Balaban J connectivity index is 3.17. The first-order chi connectivity index (χ1) is 9.95. The molecule has 0 radical (unpaired) electrons. The molecule has 0 unspecified atom stereocenters. The van der Waals surface area contributed by atoms with Crippen LogP contribution in [-0.4, -0.2) is 31.5 Å². The predicted octanol–water partition coefficient (Wildman–Crippen LogP) is 4.67. The number of hydrogen-bond acceptors (Lipinski definition) is 3. The fourth-order valence-corrected chi connectivity index (χ4v) is 1.96. The molecule has 0 rings (SSSR count). The molecule has 0 aromatic carbocycles. The molecule has 4 heteroatoms. The molecule has 0 aliphatic rings. The van der Waals surface area contributed by atoms with Gasteiger partial charge in [0.2, 0.25) is 0 Å². The molecule has 1 amide bonds. The zero-order valence-electron chi connectivity index (χ0n) is 14.5. The number of unbranched alkanes of at least 4 members (excludes halogenated alkanes) is 6. The molecule has 126 valence electrons. The van der Waals surface area contributed by atoms with E-state index in [9.17, 15) is 4.79 Å². The second kappa shape index (κ2) is 12.9. The van der Waals surface area contributed by atoms with Crippen LogP contribution in [-0.2, 0) is 9.47 Å². The van der Waals surface area contributed by atoms with Crippen LogP contribution in [0.4, 0.5) is 4.79 Å². The SMILES string of the molecule is CCCOCCCCCCCCCNC(=O)OC(C)(C)C. The summed E-state index contributed by atoms with van der Waals surface area (Å²) in [6, 6.07) is 0. The van der Waals surface area contributed by atoms with Crippen molar-refractivity contribution in [1.82, 2.24) is 5.32 Å². The zero-order chi connectivity index (χ0) is 16.0. The number of alkyl carbamates (subject to hydrolysis) is 1. The second-order valence-corrected chi connectivity index (χ2v) is 6.52. The smallest absolute Gasteiger partial charge is 0.407 e. The first-order valence-corrected chi connectivity index (χ1v) is 8.50. The van der Waals surface area contributed by atoms with Gasteiger partial charge in [0.1, 0.15) is 5.60 Å². The van der Waals surface area contributed by atoms with Crippen LogP contribution < -0.4 is 5.32 Å². The standard InChI is InChI=1S/C17H35NO3/c1-5-14-20-15-12-10-8-6-7-9-11-13-18-16(19)21-17(2,3)4/h5-15H2,1-4H3,(H,18,19). The highest BCUT2D eigenvalue weighted by atomic mass is 16.6. The Bertz CT molecular complexity index is 249. The highest BCUT2D eigenvalue weighted by Crippen LogP contribution is 2.08. The number of hydrogen-bond donors (Lipinski definition) is 1. The third-order valence-electron chi connectivity index (χ3n) is 2.98. The monoisotopic (exact) mass is 301 g/mol. The van der Waals surface area contributed by atoms with E-state index < -0.39 is 5.60 Å². The summed E-state index contributed by atoms with van der Waals surface area (Å²) in [6.07, 6.45) is 9.24. The average Bonchev–Trinajstić information content (AvgIpc) is 2.38. The zero-order valence-corrected chi connectivity index (χ0v) is 14.5. The maximum atomic E-state index is 11.4. The van der Waals surface area contributed by atoms with Crippen LogP contribution in [0, 0.1) is 0 Å². The van der Waals surface area contributed by atoms with E-state index in [2.05, 4.69) is 12.2 Å². The fraction of sp³-hybridized carbons (Fsp3) is 0.941. The Morgan fingerprint density at radius 3 is 2.05 bits per heavy atom. The minimum absolute atomic E-state index is 0.311. The first-order valence-electron chi connectivity index (χ1n) is 8.50. The molecule has 21 heavy (non-hydrogen) atoms. The first kappa shape index (κ1) is 20.2. The molecular formula is C17H35NO3. The molecule has 4 nitrogen and oxygen atoms in total. The molecule has 0 bridgehead atoms. The normalized spacial score (nSPS) is 11.4. The van der Waals surface area contributed by atoms with E-state index in [1.54, 1.807) is 0 Å². The molecule has 0 aromatic heterocycles. The molecular weight excluding hydrogens is 266 g/mol. The number of carbonyl (C=O) groups is 1. The number of nitrogens with one attached hydrogen (secondary N) is 1. The second-order valence-electron chi connectivity index (χ2n) is 6.52. The Morgan fingerprint density at radius 1 is 0.905 bits per heavy atom. The lowest BCUT2D eigenvalue weighted by atomic mass is 10.1.